The van der Waals surface area contributed by atoms with Crippen LogP contribution in [0.5, 0.6) is 0 Å². The lowest BCUT2D eigenvalue weighted by molar-refractivity contribution is 0.499. The molecule has 0 amide bonds. The Morgan fingerprint density at radius 2 is 2.12 bits per heavy atom. The molecular weight excluding hydrogens is 302 g/mol. The smallest absolute Gasteiger partial charge is 0.152 e. The highest BCUT2D eigenvalue weighted by atomic mass is 16.3. The van der Waals surface area contributed by atoms with Crippen molar-refractivity contribution < 1.29 is 4.42 Å². The summed E-state index contributed by atoms with van der Waals surface area (Å²) in [6.45, 7) is 0. The van der Waals surface area contributed by atoms with Gasteiger partial charge in [0.1, 0.15) is 23.7 Å². The second kappa shape index (κ2) is 5.98. The quantitative estimate of drug-likeness (QED) is 0.778. The van der Waals surface area contributed by atoms with Gasteiger partial charge in [-0.3, -0.25) is 10.3 Å². The molecule has 0 radical (unpaired) electrons. The molecule has 0 bridgehead atoms. The van der Waals surface area contributed by atoms with Gasteiger partial charge in [0.15, 0.2) is 5.76 Å². The van der Waals surface area contributed by atoms with Crippen LogP contribution in [0.4, 0.5) is 5.82 Å². The lowest BCUT2D eigenvalue weighted by Crippen LogP contribution is -2.39. The van der Waals surface area contributed by atoms with Crippen molar-refractivity contribution in [1.82, 2.24) is 14.9 Å². The normalized spacial score (nSPS) is 20.0. The summed E-state index contributed by atoms with van der Waals surface area (Å²) in [6.07, 6.45) is 5.39. The molecule has 122 valence electrons. The number of aryl methyl sites for hydroxylation is 1. The summed E-state index contributed by atoms with van der Waals surface area (Å²) in [5, 5.41) is 6.79. The molecule has 24 heavy (non-hydrogen) atoms. The molecule has 0 aromatic carbocycles. The molecule has 0 spiro atoms. The number of anilines is 1. The first-order valence-electron chi connectivity index (χ1n) is 7.90. The molecular formula is C18H19N5O. The van der Waals surface area contributed by atoms with Crippen LogP contribution in [0.3, 0.4) is 0 Å². The third-order valence-corrected chi connectivity index (χ3v) is 4.29. The Hall–Kier alpha value is -2.86. The van der Waals surface area contributed by atoms with Crippen molar-refractivity contribution in [2.75, 3.05) is 12.4 Å². The van der Waals surface area contributed by atoms with Gasteiger partial charge in [0.2, 0.25) is 0 Å². The zero-order valence-corrected chi connectivity index (χ0v) is 13.6. The Kier molecular flexibility index (Phi) is 3.66. The van der Waals surface area contributed by atoms with Crippen LogP contribution in [0.1, 0.15) is 23.1 Å². The lowest BCUT2D eigenvalue weighted by atomic mass is 10.1. The van der Waals surface area contributed by atoms with E-state index in [1.165, 1.54) is 0 Å². The van der Waals surface area contributed by atoms with Crippen LogP contribution in [0.15, 0.2) is 64.5 Å². The van der Waals surface area contributed by atoms with Gasteiger partial charge in [-0.2, -0.15) is 0 Å². The summed E-state index contributed by atoms with van der Waals surface area (Å²) in [5.74, 6) is 1.53. The van der Waals surface area contributed by atoms with Crippen LogP contribution < -0.4 is 10.6 Å². The first-order valence-corrected chi connectivity index (χ1v) is 7.90. The highest BCUT2D eigenvalue weighted by molar-refractivity contribution is 6.14. The summed E-state index contributed by atoms with van der Waals surface area (Å²) >= 11 is 0. The average Bonchev–Trinajstić information content (AvgIpc) is 3.24. The summed E-state index contributed by atoms with van der Waals surface area (Å²) < 4.78 is 7.72. The molecule has 2 N–H and O–H groups in total. The van der Waals surface area contributed by atoms with E-state index in [0.717, 1.165) is 28.5 Å². The number of rotatable bonds is 3. The number of nitrogens with one attached hydrogen (secondary N) is 2. The number of hydrogen-bond acceptors (Lipinski definition) is 5. The van der Waals surface area contributed by atoms with Gasteiger partial charge in [-0.15, -0.1) is 0 Å². The van der Waals surface area contributed by atoms with E-state index in [9.17, 15) is 0 Å². The number of hydrogen-bond donors (Lipinski definition) is 2. The Bertz CT molecular complexity index is 865. The third kappa shape index (κ3) is 2.41. The lowest BCUT2D eigenvalue weighted by Gasteiger charge is -2.24. The number of aliphatic imine (C=N–C) groups is 1. The molecule has 4 heterocycles. The topological polar surface area (TPSA) is 67.4 Å². The maximum Gasteiger partial charge on any atom is 0.152 e. The van der Waals surface area contributed by atoms with E-state index in [2.05, 4.69) is 26.3 Å². The number of fused-ring (bicyclic) bond motifs is 1. The van der Waals surface area contributed by atoms with Crippen LogP contribution in [0, 0.1) is 0 Å². The first-order chi connectivity index (χ1) is 11.8. The maximum atomic E-state index is 5.64. The molecule has 2 unspecified atom stereocenters. The predicted octanol–water partition coefficient (Wildman–Crippen LogP) is 2.56. The molecule has 2 atom stereocenters. The fourth-order valence-corrected chi connectivity index (χ4v) is 3.08. The molecule has 6 nitrogen and oxygen atoms in total. The van der Waals surface area contributed by atoms with Crippen molar-refractivity contribution in [2.24, 2.45) is 12.0 Å². The molecule has 0 saturated heterocycles. The van der Waals surface area contributed by atoms with Gasteiger partial charge in [0.25, 0.3) is 0 Å². The van der Waals surface area contributed by atoms with Crippen LogP contribution in [-0.4, -0.2) is 28.5 Å². The van der Waals surface area contributed by atoms with Gasteiger partial charge >= 0.3 is 0 Å². The molecule has 4 rings (SSSR count). The van der Waals surface area contributed by atoms with E-state index >= 15 is 0 Å². The van der Waals surface area contributed by atoms with Gasteiger partial charge in [0.05, 0.1) is 6.26 Å². The van der Waals surface area contributed by atoms with E-state index in [1.54, 1.807) is 12.5 Å². The maximum absolute atomic E-state index is 5.64. The molecule has 0 saturated carbocycles. The van der Waals surface area contributed by atoms with Gasteiger partial charge in [-0.1, -0.05) is 0 Å². The zero-order chi connectivity index (χ0) is 16.5. The minimum atomic E-state index is -0.121. The van der Waals surface area contributed by atoms with Crippen LogP contribution in [0.2, 0.25) is 0 Å². The predicted molar refractivity (Wildman–Crippen MR) is 93.2 cm³/mol. The van der Waals surface area contributed by atoms with Gasteiger partial charge in [-0.25, -0.2) is 4.98 Å². The first kappa shape index (κ1) is 14.7. The Morgan fingerprint density at radius 1 is 1.21 bits per heavy atom. The van der Waals surface area contributed by atoms with Gasteiger partial charge in [-0.05, 0) is 43.4 Å². The summed E-state index contributed by atoms with van der Waals surface area (Å²) in [4.78, 5) is 9.55. The van der Waals surface area contributed by atoms with Crippen molar-refractivity contribution in [3.63, 3.8) is 0 Å². The minimum absolute atomic E-state index is 0.0836. The highest BCUT2D eigenvalue weighted by Gasteiger charge is 2.30. The molecule has 1 aliphatic rings. The van der Waals surface area contributed by atoms with E-state index in [4.69, 9.17) is 9.41 Å². The average molecular weight is 321 g/mol. The highest BCUT2D eigenvalue weighted by Crippen LogP contribution is 2.30. The zero-order valence-electron chi connectivity index (χ0n) is 13.6. The van der Waals surface area contributed by atoms with Gasteiger partial charge in [0, 0.05) is 30.7 Å². The minimum Gasteiger partial charge on any atom is -0.463 e. The largest absolute Gasteiger partial charge is 0.463 e. The molecule has 3 aromatic rings. The standard InChI is InChI=1S/C18H19N5O/c1-19-18-16(13-7-4-10-23(13)2)21-15(14-8-5-11-24-14)12-6-3-9-20-17(12)22-18/h3-11,16,18-19H,1-2H3,(H,20,22). The Balaban J connectivity index is 1.92. The molecule has 3 aromatic heterocycles. The molecule has 1 aliphatic heterocycles. The van der Waals surface area contributed by atoms with Gasteiger partial charge < -0.3 is 14.3 Å². The summed E-state index contributed by atoms with van der Waals surface area (Å²) in [5.41, 5.74) is 2.85. The van der Waals surface area contributed by atoms with E-state index in [1.807, 2.05) is 50.6 Å². The Morgan fingerprint density at radius 3 is 2.83 bits per heavy atom. The number of pyridine rings is 1. The summed E-state index contributed by atoms with van der Waals surface area (Å²) in [6, 6.07) is 11.7. The number of furan rings is 1. The van der Waals surface area contributed by atoms with Crippen molar-refractivity contribution in [3.05, 3.63) is 72.1 Å². The second-order valence-electron chi connectivity index (χ2n) is 5.75. The SMILES string of the molecule is CNC1Nc2ncccc2C(c2ccco2)=NC1c1cccn1C. The van der Waals surface area contributed by atoms with Crippen molar-refractivity contribution in [3.8, 4) is 0 Å². The van der Waals surface area contributed by atoms with Crippen LogP contribution >= 0.6 is 0 Å². The van der Waals surface area contributed by atoms with Crippen LogP contribution in [0.25, 0.3) is 0 Å². The molecule has 6 heteroatoms. The van der Waals surface area contributed by atoms with E-state index < -0.39 is 0 Å². The number of aromatic nitrogens is 2. The fourth-order valence-electron chi connectivity index (χ4n) is 3.08. The summed E-state index contributed by atoms with van der Waals surface area (Å²) in [7, 11) is 3.95. The Labute approximate surface area is 140 Å². The fraction of sp³-hybridized carbons (Fsp3) is 0.222. The monoisotopic (exact) mass is 321 g/mol. The molecule has 0 aliphatic carbocycles. The van der Waals surface area contributed by atoms with E-state index in [-0.39, 0.29) is 12.2 Å². The van der Waals surface area contributed by atoms with Crippen molar-refractivity contribution in [1.29, 1.82) is 0 Å². The van der Waals surface area contributed by atoms with Crippen LogP contribution in [-0.2, 0) is 7.05 Å². The third-order valence-electron chi connectivity index (χ3n) is 4.29. The van der Waals surface area contributed by atoms with Crippen molar-refractivity contribution >= 4 is 11.5 Å². The van der Waals surface area contributed by atoms with E-state index in [0.29, 0.717) is 0 Å². The number of likely N-dealkylation sites (N-methyl/N-ethyl adjacent to an activating group) is 1. The second-order valence-corrected chi connectivity index (χ2v) is 5.75. The number of nitrogens with zero attached hydrogens (tertiary/aromatic N) is 3. The van der Waals surface area contributed by atoms with Crippen molar-refractivity contribution in [2.45, 2.75) is 12.2 Å². The molecule has 0 fully saturated rings.